The maximum atomic E-state index is 13.6. The molecule has 10 heteroatoms. The normalized spacial score (nSPS) is 13.6. The highest BCUT2D eigenvalue weighted by Gasteiger charge is 2.52. The number of halogens is 3. The molecule has 5 aromatic rings. The van der Waals surface area contributed by atoms with Gasteiger partial charge in [0.15, 0.2) is 0 Å². The zero-order valence-electron chi connectivity index (χ0n) is 25.4. The third-order valence-electron chi connectivity index (χ3n) is 8.27. The lowest BCUT2D eigenvalue weighted by Gasteiger charge is -2.20. The summed E-state index contributed by atoms with van der Waals surface area (Å²) in [5.41, 5.74) is 2.68. The van der Waals surface area contributed by atoms with E-state index in [9.17, 15) is 19.5 Å². The van der Waals surface area contributed by atoms with Crippen molar-refractivity contribution in [3.63, 3.8) is 0 Å². The highest BCUT2D eigenvalue weighted by atomic mass is 79.9. The fraction of sp³-hybridized carbons (Fsp3) is 0.132. The molecule has 3 N–H and O–H groups in total. The van der Waals surface area contributed by atoms with E-state index >= 15 is 0 Å². The van der Waals surface area contributed by atoms with Crippen LogP contribution < -0.4 is 15.4 Å². The maximum Gasteiger partial charge on any atom is 0.326 e. The number of benzene rings is 5. The molecule has 1 aliphatic carbocycles. The van der Waals surface area contributed by atoms with Gasteiger partial charge in [0, 0.05) is 26.5 Å². The number of rotatable bonds is 11. The Morgan fingerprint density at radius 2 is 1.56 bits per heavy atom. The number of carbonyl (C=O) groups is 3. The number of ether oxygens (including phenoxy) is 1. The first-order valence-corrected chi connectivity index (χ1v) is 16.7. The standard InChI is InChI=1S/C38H29BrCl2N2O5/c39-25-14-17-32(43-37(47)38(18-19-38)30-16-15-26(40)22-31(30)41)29(21-25)35(44)42-33(36(45)46)20-23-10-12-24(13-11-23)28-8-4-5-9-34(28)48-27-6-2-1-3-7-27/h1-17,21-22,33H,18-20H2,(H,42,44)(H,43,47)(H,45,46). The summed E-state index contributed by atoms with van der Waals surface area (Å²) in [4.78, 5) is 39.4. The minimum Gasteiger partial charge on any atom is -0.480 e. The Kier molecular flexibility index (Phi) is 9.87. The first kappa shape index (κ1) is 33.3. The van der Waals surface area contributed by atoms with Gasteiger partial charge < -0.3 is 20.5 Å². The van der Waals surface area contributed by atoms with E-state index < -0.39 is 23.3 Å². The molecule has 7 nitrogen and oxygen atoms in total. The Morgan fingerprint density at radius 3 is 2.25 bits per heavy atom. The van der Waals surface area contributed by atoms with Crippen LogP contribution in [0.4, 0.5) is 5.69 Å². The van der Waals surface area contributed by atoms with Crippen molar-refractivity contribution in [1.82, 2.24) is 5.32 Å². The monoisotopic (exact) mass is 742 g/mol. The van der Waals surface area contributed by atoms with Gasteiger partial charge in [0.1, 0.15) is 17.5 Å². The largest absolute Gasteiger partial charge is 0.480 e. The Morgan fingerprint density at radius 1 is 0.854 bits per heavy atom. The molecular weight excluding hydrogens is 715 g/mol. The van der Waals surface area contributed by atoms with Gasteiger partial charge in [-0.25, -0.2) is 4.79 Å². The molecule has 1 unspecified atom stereocenters. The van der Waals surface area contributed by atoms with Crippen LogP contribution in [0.2, 0.25) is 10.0 Å². The highest BCUT2D eigenvalue weighted by molar-refractivity contribution is 9.10. The Balaban J connectivity index is 1.17. The van der Waals surface area contributed by atoms with Crippen molar-refractivity contribution < 1.29 is 24.2 Å². The van der Waals surface area contributed by atoms with Crippen molar-refractivity contribution >= 4 is 62.6 Å². The fourth-order valence-corrected chi connectivity index (χ4v) is 6.53. The Bertz CT molecular complexity index is 2000. The summed E-state index contributed by atoms with van der Waals surface area (Å²) in [5.74, 6) is -0.740. The van der Waals surface area contributed by atoms with Crippen LogP contribution in [0, 0.1) is 0 Å². The van der Waals surface area contributed by atoms with E-state index in [4.69, 9.17) is 27.9 Å². The molecular formula is C38H29BrCl2N2O5. The molecule has 0 heterocycles. The zero-order chi connectivity index (χ0) is 33.8. The van der Waals surface area contributed by atoms with Gasteiger partial charge in [-0.15, -0.1) is 0 Å². The Labute approximate surface area is 296 Å². The van der Waals surface area contributed by atoms with E-state index in [2.05, 4.69) is 26.6 Å². The van der Waals surface area contributed by atoms with Crippen molar-refractivity contribution in [2.24, 2.45) is 0 Å². The van der Waals surface area contributed by atoms with Crippen LogP contribution in [-0.4, -0.2) is 28.9 Å². The number of para-hydroxylation sites is 2. The van der Waals surface area contributed by atoms with E-state index in [1.807, 2.05) is 78.9 Å². The summed E-state index contributed by atoms with van der Waals surface area (Å²) in [7, 11) is 0. The lowest BCUT2D eigenvalue weighted by Crippen LogP contribution is -2.42. The highest BCUT2D eigenvalue weighted by Crippen LogP contribution is 2.51. The minimum atomic E-state index is -1.23. The van der Waals surface area contributed by atoms with Gasteiger partial charge >= 0.3 is 5.97 Å². The molecule has 6 rings (SSSR count). The number of anilines is 1. The molecule has 1 fully saturated rings. The fourth-order valence-electron chi connectivity index (χ4n) is 5.58. The van der Waals surface area contributed by atoms with E-state index in [0.717, 1.165) is 11.1 Å². The summed E-state index contributed by atoms with van der Waals surface area (Å²) in [6, 6.07) is 33.3. The van der Waals surface area contributed by atoms with E-state index in [1.165, 1.54) is 0 Å². The lowest BCUT2D eigenvalue weighted by molar-refractivity contribution is -0.139. The first-order chi connectivity index (χ1) is 23.1. The number of hydrogen-bond acceptors (Lipinski definition) is 4. The minimum absolute atomic E-state index is 0.0391. The van der Waals surface area contributed by atoms with Crippen LogP contribution in [0.25, 0.3) is 11.1 Å². The van der Waals surface area contributed by atoms with E-state index in [0.29, 0.717) is 50.0 Å². The zero-order valence-corrected chi connectivity index (χ0v) is 28.5. The summed E-state index contributed by atoms with van der Waals surface area (Å²) in [5, 5.41) is 16.5. The van der Waals surface area contributed by atoms with Crippen LogP contribution >= 0.6 is 39.1 Å². The molecule has 1 saturated carbocycles. The molecule has 2 amide bonds. The van der Waals surface area contributed by atoms with Crippen LogP contribution in [-0.2, 0) is 21.4 Å². The second-order valence-electron chi connectivity index (χ2n) is 11.5. The van der Waals surface area contributed by atoms with Crippen molar-refractivity contribution in [2.75, 3.05) is 5.32 Å². The van der Waals surface area contributed by atoms with Gasteiger partial charge in [0.2, 0.25) is 5.91 Å². The quantitative estimate of drug-likeness (QED) is 0.125. The summed E-state index contributed by atoms with van der Waals surface area (Å²) >= 11 is 15.9. The molecule has 0 radical (unpaired) electrons. The molecule has 0 bridgehead atoms. The van der Waals surface area contributed by atoms with Crippen molar-refractivity contribution in [1.29, 1.82) is 0 Å². The third kappa shape index (κ3) is 7.41. The number of nitrogens with one attached hydrogen (secondary N) is 2. The maximum absolute atomic E-state index is 13.6. The number of amides is 2. The molecule has 0 saturated heterocycles. The molecule has 242 valence electrons. The predicted octanol–water partition coefficient (Wildman–Crippen LogP) is 9.31. The molecule has 48 heavy (non-hydrogen) atoms. The predicted molar refractivity (Wildman–Crippen MR) is 191 cm³/mol. The lowest BCUT2D eigenvalue weighted by atomic mass is 9.94. The number of carboxylic acid groups (broad SMARTS) is 1. The van der Waals surface area contributed by atoms with Gasteiger partial charge in [-0.1, -0.05) is 106 Å². The van der Waals surface area contributed by atoms with Crippen LogP contribution in [0.15, 0.2) is 120 Å². The van der Waals surface area contributed by atoms with Crippen molar-refractivity contribution in [2.45, 2.75) is 30.7 Å². The second kappa shape index (κ2) is 14.2. The molecule has 5 aromatic carbocycles. The molecule has 0 spiro atoms. The van der Waals surface area contributed by atoms with Crippen LogP contribution in [0.5, 0.6) is 11.5 Å². The molecule has 0 aromatic heterocycles. The van der Waals surface area contributed by atoms with Gasteiger partial charge in [-0.3, -0.25) is 9.59 Å². The smallest absolute Gasteiger partial charge is 0.326 e. The van der Waals surface area contributed by atoms with Gasteiger partial charge in [-0.2, -0.15) is 0 Å². The summed E-state index contributed by atoms with van der Waals surface area (Å²) in [6.07, 6.45) is 1.21. The van der Waals surface area contributed by atoms with Gasteiger partial charge in [0.25, 0.3) is 5.91 Å². The van der Waals surface area contributed by atoms with Gasteiger partial charge in [0.05, 0.1) is 16.7 Å². The number of aliphatic carboxylic acids is 1. The average molecular weight is 744 g/mol. The Hall–Kier alpha value is -4.63. The first-order valence-electron chi connectivity index (χ1n) is 15.1. The van der Waals surface area contributed by atoms with Gasteiger partial charge in [-0.05, 0) is 78.1 Å². The summed E-state index contributed by atoms with van der Waals surface area (Å²) in [6.45, 7) is 0. The second-order valence-corrected chi connectivity index (χ2v) is 13.3. The average Bonchev–Trinajstić information content (AvgIpc) is 3.88. The number of hydrogen-bond donors (Lipinski definition) is 3. The SMILES string of the molecule is O=C(NC(Cc1ccc(-c2ccccc2Oc2ccccc2)cc1)C(=O)O)c1cc(Br)ccc1NC(=O)C1(c2ccc(Cl)cc2Cl)CC1. The molecule has 0 aliphatic heterocycles. The summed E-state index contributed by atoms with van der Waals surface area (Å²) < 4.78 is 6.70. The van der Waals surface area contributed by atoms with E-state index in [1.54, 1.807) is 36.4 Å². The number of carboxylic acids is 1. The van der Waals surface area contributed by atoms with Crippen molar-refractivity contribution in [3.8, 4) is 22.6 Å². The molecule has 1 atom stereocenters. The van der Waals surface area contributed by atoms with E-state index in [-0.39, 0.29) is 23.6 Å². The van der Waals surface area contributed by atoms with Crippen molar-refractivity contribution in [3.05, 3.63) is 146 Å². The third-order valence-corrected chi connectivity index (χ3v) is 9.31. The van der Waals surface area contributed by atoms with Crippen LogP contribution in [0.3, 0.4) is 0 Å². The van der Waals surface area contributed by atoms with Crippen LogP contribution in [0.1, 0.15) is 34.3 Å². The molecule has 1 aliphatic rings. The topological polar surface area (TPSA) is 105 Å². The number of carbonyl (C=O) groups excluding carboxylic acids is 2.